The number of amides is 1. The molecule has 1 aliphatic heterocycles. The van der Waals surface area contributed by atoms with Gasteiger partial charge in [-0.1, -0.05) is 20.8 Å². The molecule has 1 fully saturated rings. The molecule has 15 heavy (non-hydrogen) atoms. The van der Waals surface area contributed by atoms with Gasteiger partial charge < -0.3 is 9.33 Å². The van der Waals surface area contributed by atoms with E-state index in [-0.39, 0.29) is 16.9 Å². The summed E-state index contributed by atoms with van der Waals surface area (Å²) >= 11 is 0. The van der Waals surface area contributed by atoms with E-state index in [4.69, 9.17) is 4.43 Å². The van der Waals surface area contributed by atoms with Crippen molar-refractivity contribution in [2.45, 2.75) is 52.7 Å². The standard InChI is InChI=1S/C11H23NO2Si/c1-7-12-8(13)10(5,14-15)11(12,6)9(2,3)4/h7H2,1-6,15H3. The predicted octanol–water partition coefficient (Wildman–Crippen LogP) is 0.709. The zero-order valence-electron chi connectivity index (χ0n) is 11.0. The van der Waals surface area contributed by atoms with Crippen LogP contribution in [0.25, 0.3) is 0 Å². The van der Waals surface area contributed by atoms with Crippen molar-refractivity contribution in [2.75, 3.05) is 6.54 Å². The van der Waals surface area contributed by atoms with Gasteiger partial charge in [-0.2, -0.15) is 0 Å². The van der Waals surface area contributed by atoms with E-state index in [9.17, 15) is 4.79 Å². The minimum atomic E-state index is -0.618. The van der Waals surface area contributed by atoms with Crippen molar-refractivity contribution in [3.05, 3.63) is 0 Å². The normalized spacial score (nSPS) is 36.9. The maximum atomic E-state index is 12.0. The van der Waals surface area contributed by atoms with E-state index in [2.05, 4.69) is 27.7 Å². The summed E-state index contributed by atoms with van der Waals surface area (Å²) in [6, 6.07) is 0. The summed E-state index contributed by atoms with van der Waals surface area (Å²) in [5, 5.41) is 0. The Labute approximate surface area is 95.7 Å². The average Bonchev–Trinajstić information content (AvgIpc) is 2.15. The highest BCUT2D eigenvalue weighted by atomic mass is 28.2. The fourth-order valence-electron chi connectivity index (χ4n) is 2.74. The average molecular weight is 229 g/mol. The zero-order valence-corrected chi connectivity index (χ0v) is 13.0. The van der Waals surface area contributed by atoms with Crippen LogP contribution in [-0.4, -0.2) is 39.0 Å². The predicted molar refractivity (Wildman–Crippen MR) is 64.7 cm³/mol. The quantitative estimate of drug-likeness (QED) is 0.515. The van der Waals surface area contributed by atoms with Gasteiger partial charge in [-0.25, -0.2) is 0 Å². The third-order valence-electron chi connectivity index (χ3n) is 4.31. The van der Waals surface area contributed by atoms with Crippen LogP contribution < -0.4 is 0 Å². The number of hydrogen-bond acceptors (Lipinski definition) is 2. The van der Waals surface area contributed by atoms with Crippen molar-refractivity contribution in [1.29, 1.82) is 0 Å². The van der Waals surface area contributed by atoms with Crippen LogP contribution in [0.5, 0.6) is 0 Å². The van der Waals surface area contributed by atoms with Crippen molar-refractivity contribution < 1.29 is 9.22 Å². The monoisotopic (exact) mass is 229 g/mol. The molecule has 2 unspecified atom stereocenters. The van der Waals surface area contributed by atoms with Gasteiger partial charge >= 0.3 is 0 Å². The lowest BCUT2D eigenvalue weighted by atomic mass is 9.58. The molecule has 0 aliphatic carbocycles. The minimum Gasteiger partial charge on any atom is -0.413 e. The van der Waals surface area contributed by atoms with Gasteiger partial charge in [0.15, 0.2) is 5.60 Å². The first-order chi connectivity index (χ1) is 6.66. The Bertz CT molecular complexity index is 287. The fraction of sp³-hybridized carbons (Fsp3) is 0.909. The molecule has 0 N–H and O–H groups in total. The first kappa shape index (κ1) is 12.7. The lowest BCUT2D eigenvalue weighted by molar-refractivity contribution is -0.223. The molecule has 4 heteroatoms. The third kappa shape index (κ3) is 1.24. The van der Waals surface area contributed by atoms with E-state index in [0.29, 0.717) is 10.5 Å². The Kier molecular flexibility index (Phi) is 2.81. The maximum Gasteiger partial charge on any atom is 0.256 e. The Morgan fingerprint density at radius 3 is 2.13 bits per heavy atom. The molecule has 0 aromatic carbocycles. The van der Waals surface area contributed by atoms with Crippen LogP contribution in [0.15, 0.2) is 0 Å². The van der Waals surface area contributed by atoms with Gasteiger partial charge in [0.25, 0.3) is 5.91 Å². The van der Waals surface area contributed by atoms with Gasteiger partial charge in [0.05, 0.1) is 5.54 Å². The second kappa shape index (κ2) is 3.32. The highest BCUT2D eigenvalue weighted by Crippen LogP contribution is 2.53. The summed E-state index contributed by atoms with van der Waals surface area (Å²) in [4.78, 5) is 14.0. The number of carbonyl (C=O) groups is 1. The lowest BCUT2D eigenvalue weighted by Gasteiger charge is -2.67. The Hall–Kier alpha value is -0.353. The number of β-lactam (4-membered cyclic amide) rings is 1. The topological polar surface area (TPSA) is 29.5 Å². The van der Waals surface area contributed by atoms with E-state index in [0.717, 1.165) is 6.54 Å². The van der Waals surface area contributed by atoms with E-state index >= 15 is 0 Å². The van der Waals surface area contributed by atoms with E-state index < -0.39 is 5.60 Å². The van der Waals surface area contributed by atoms with Crippen molar-refractivity contribution in [3.8, 4) is 0 Å². The van der Waals surface area contributed by atoms with E-state index in [1.54, 1.807) is 0 Å². The van der Waals surface area contributed by atoms with E-state index in [1.807, 2.05) is 18.7 Å². The zero-order chi connectivity index (χ0) is 12.1. The number of hydrogen-bond donors (Lipinski definition) is 0. The smallest absolute Gasteiger partial charge is 0.256 e. The number of carbonyl (C=O) groups excluding carboxylic acids is 1. The van der Waals surface area contributed by atoms with Crippen molar-refractivity contribution in [1.82, 2.24) is 4.90 Å². The van der Waals surface area contributed by atoms with Crippen molar-refractivity contribution >= 4 is 16.4 Å². The summed E-state index contributed by atoms with van der Waals surface area (Å²) < 4.78 is 5.61. The molecule has 0 aromatic rings. The molecule has 0 bridgehead atoms. The molecule has 0 radical (unpaired) electrons. The molecule has 1 aliphatic rings. The van der Waals surface area contributed by atoms with Crippen LogP contribution in [-0.2, 0) is 9.22 Å². The molecule has 2 atom stereocenters. The lowest BCUT2D eigenvalue weighted by Crippen LogP contribution is -2.84. The van der Waals surface area contributed by atoms with Gasteiger partial charge in [-0.05, 0) is 26.2 Å². The van der Waals surface area contributed by atoms with E-state index in [1.165, 1.54) is 0 Å². The van der Waals surface area contributed by atoms with Gasteiger partial charge in [-0.3, -0.25) is 4.79 Å². The summed E-state index contributed by atoms with van der Waals surface area (Å²) in [7, 11) is 0.598. The fourth-order valence-corrected chi connectivity index (χ4v) is 3.31. The number of likely N-dealkylation sites (tertiary alicyclic amines) is 1. The SMILES string of the molecule is CCN1C(=O)C(C)(O[SiH3])C1(C)C(C)(C)C. The molecular weight excluding hydrogens is 206 g/mol. The first-order valence-corrected chi connectivity index (χ1v) is 6.35. The van der Waals surface area contributed by atoms with Crippen LogP contribution in [0.4, 0.5) is 0 Å². The molecule has 1 heterocycles. The third-order valence-corrected chi connectivity index (χ3v) is 5.12. The summed E-state index contributed by atoms with van der Waals surface area (Å²) in [5.41, 5.74) is -0.794. The minimum absolute atomic E-state index is 0.0239. The molecule has 0 saturated carbocycles. The molecule has 0 spiro atoms. The number of nitrogens with zero attached hydrogens (tertiary/aromatic N) is 1. The molecule has 0 aromatic heterocycles. The number of likely N-dealkylation sites (N-methyl/N-ethyl adjacent to an activating group) is 1. The van der Waals surface area contributed by atoms with Crippen molar-refractivity contribution in [3.63, 3.8) is 0 Å². The summed E-state index contributed by atoms with van der Waals surface area (Å²) in [5.74, 6) is 0.137. The summed E-state index contributed by atoms with van der Waals surface area (Å²) in [6.07, 6.45) is 0. The van der Waals surface area contributed by atoms with Crippen LogP contribution in [0.1, 0.15) is 41.5 Å². The Morgan fingerprint density at radius 1 is 1.40 bits per heavy atom. The van der Waals surface area contributed by atoms with Crippen molar-refractivity contribution in [2.24, 2.45) is 5.41 Å². The first-order valence-electron chi connectivity index (χ1n) is 5.54. The molecule has 3 nitrogen and oxygen atoms in total. The second-order valence-electron chi connectivity index (χ2n) is 5.61. The van der Waals surface area contributed by atoms with Gasteiger partial charge in [0.1, 0.15) is 10.5 Å². The highest BCUT2D eigenvalue weighted by Gasteiger charge is 2.70. The van der Waals surface area contributed by atoms with Crippen LogP contribution in [0.3, 0.4) is 0 Å². The molecule has 1 amide bonds. The molecule has 1 rings (SSSR count). The van der Waals surface area contributed by atoms with Crippen LogP contribution in [0.2, 0.25) is 0 Å². The van der Waals surface area contributed by atoms with Gasteiger partial charge in [-0.15, -0.1) is 0 Å². The second-order valence-corrected chi connectivity index (χ2v) is 6.02. The molecular formula is C11H23NO2Si. The van der Waals surface area contributed by atoms with Crippen LogP contribution in [0, 0.1) is 5.41 Å². The molecule has 88 valence electrons. The molecule has 1 saturated heterocycles. The highest BCUT2D eigenvalue weighted by molar-refractivity contribution is 6.04. The number of rotatable bonds is 2. The Balaban J connectivity index is 3.19. The van der Waals surface area contributed by atoms with Gasteiger partial charge in [0, 0.05) is 6.54 Å². The maximum absolute atomic E-state index is 12.0. The Morgan fingerprint density at radius 2 is 1.87 bits per heavy atom. The van der Waals surface area contributed by atoms with Crippen LogP contribution >= 0.6 is 0 Å². The largest absolute Gasteiger partial charge is 0.413 e. The van der Waals surface area contributed by atoms with Gasteiger partial charge in [0.2, 0.25) is 0 Å². The summed E-state index contributed by atoms with van der Waals surface area (Å²) in [6.45, 7) is 13.3.